The maximum atomic E-state index is 4.18. The zero-order valence-electron chi connectivity index (χ0n) is 12.1. The molecule has 0 aromatic carbocycles. The van der Waals surface area contributed by atoms with Gasteiger partial charge in [0.2, 0.25) is 0 Å². The summed E-state index contributed by atoms with van der Waals surface area (Å²) in [5.74, 6) is 1.29. The van der Waals surface area contributed by atoms with Crippen molar-refractivity contribution in [3.8, 4) is 0 Å². The fourth-order valence-corrected chi connectivity index (χ4v) is 1.82. The molecule has 2 rings (SSSR count). The van der Waals surface area contributed by atoms with E-state index >= 15 is 0 Å². The average Bonchev–Trinajstić information content (AvgIpc) is 2.41. The fourth-order valence-electron chi connectivity index (χ4n) is 1.82. The molecule has 1 heteroatoms. The molecular formula is C17H25N. The summed E-state index contributed by atoms with van der Waals surface area (Å²) in [6.07, 6.45) is 11.0. The van der Waals surface area contributed by atoms with Gasteiger partial charge in [0, 0.05) is 11.9 Å². The van der Waals surface area contributed by atoms with Crippen LogP contribution in [0.1, 0.15) is 52.1 Å². The molecule has 98 valence electrons. The average molecular weight is 243 g/mol. The number of hydrogen-bond acceptors (Lipinski definition) is 1. The van der Waals surface area contributed by atoms with Gasteiger partial charge >= 0.3 is 0 Å². The van der Waals surface area contributed by atoms with Crippen molar-refractivity contribution in [2.24, 2.45) is 5.92 Å². The van der Waals surface area contributed by atoms with Crippen LogP contribution < -0.4 is 0 Å². The Hall–Kier alpha value is -1.37. The van der Waals surface area contributed by atoms with Crippen LogP contribution >= 0.6 is 0 Å². The highest BCUT2D eigenvalue weighted by Gasteiger charge is 2.02. The van der Waals surface area contributed by atoms with E-state index in [4.69, 9.17) is 0 Å². The number of pyridine rings is 1. The van der Waals surface area contributed by atoms with Gasteiger partial charge in [-0.25, -0.2) is 0 Å². The molecule has 0 saturated heterocycles. The second kappa shape index (κ2) is 7.86. The molecule has 0 aliphatic heterocycles. The normalized spacial score (nSPS) is 14.2. The fraction of sp³-hybridized carbons (Fsp3) is 0.471. The van der Waals surface area contributed by atoms with Gasteiger partial charge in [-0.3, -0.25) is 4.98 Å². The summed E-state index contributed by atoms with van der Waals surface area (Å²) in [4.78, 5) is 4.18. The Labute approximate surface area is 112 Å². The number of aromatic nitrogens is 1. The van der Waals surface area contributed by atoms with E-state index in [0.717, 1.165) is 11.6 Å². The van der Waals surface area contributed by atoms with Gasteiger partial charge in [0.1, 0.15) is 0 Å². The molecule has 1 heterocycles. The molecule has 0 bridgehead atoms. The summed E-state index contributed by atoms with van der Waals surface area (Å²) >= 11 is 0. The van der Waals surface area contributed by atoms with Crippen LogP contribution in [-0.4, -0.2) is 4.98 Å². The predicted molar refractivity (Wildman–Crippen MR) is 79.6 cm³/mol. The van der Waals surface area contributed by atoms with Crippen LogP contribution in [0.25, 0.3) is 0 Å². The van der Waals surface area contributed by atoms with Crippen LogP contribution in [0.2, 0.25) is 0 Å². The maximum absolute atomic E-state index is 4.18. The Morgan fingerprint density at radius 1 is 1.06 bits per heavy atom. The Morgan fingerprint density at radius 3 is 2.17 bits per heavy atom. The van der Waals surface area contributed by atoms with E-state index in [-0.39, 0.29) is 0 Å². The monoisotopic (exact) mass is 243 g/mol. The molecule has 0 fully saturated rings. The standard InChI is InChI=1S/C9H14.C8H11N/c1-8(2)9-6-4-3-5-7-9;1-7(2)8-5-3-4-6-9-8/h3-4,6,8H,5,7H2,1-2H3;3-7H,1-2H3. The van der Waals surface area contributed by atoms with Crippen LogP contribution in [0.15, 0.2) is 48.2 Å². The Morgan fingerprint density at radius 2 is 1.83 bits per heavy atom. The lowest BCUT2D eigenvalue weighted by Crippen LogP contribution is -1.95. The van der Waals surface area contributed by atoms with E-state index in [1.165, 1.54) is 12.8 Å². The molecule has 0 unspecified atom stereocenters. The summed E-state index contributed by atoms with van der Waals surface area (Å²) < 4.78 is 0. The highest BCUT2D eigenvalue weighted by Crippen LogP contribution is 2.19. The first-order valence-corrected chi connectivity index (χ1v) is 6.87. The lowest BCUT2D eigenvalue weighted by atomic mass is 9.95. The lowest BCUT2D eigenvalue weighted by molar-refractivity contribution is 0.709. The third kappa shape index (κ3) is 5.31. The number of nitrogens with zero attached hydrogens (tertiary/aromatic N) is 1. The molecular weight excluding hydrogens is 218 g/mol. The highest BCUT2D eigenvalue weighted by molar-refractivity contribution is 5.18. The number of hydrogen-bond donors (Lipinski definition) is 0. The quantitative estimate of drug-likeness (QED) is 0.702. The molecule has 0 spiro atoms. The molecule has 0 amide bonds. The van der Waals surface area contributed by atoms with Crippen molar-refractivity contribution >= 4 is 0 Å². The molecule has 0 radical (unpaired) electrons. The second-order valence-electron chi connectivity index (χ2n) is 5.27. The van der Waals surface area contributed by atoms with Crippen molar-refractivity contribution in [2.75, 3.05) is 0 Å². The van der Waals surface area contributed by atoms with Gasteiger partial charge < -0.3 is 0 Å². The third-order valence-corrected chi connectivity index (χ3v) is 3.07. The molecule has 18 heavy (non-hydrogen) atoms. The number of rotatable bonds is 2. The summed E-state index contributed by atoms with van der Waals surface area (Å²) in [5.41, 5.74) is 2.76. The van der Waals surface area contributed by atoms with Gasteiger partial charge in [-0.05, 0) is 36.8 Å². The van der Waals surface area contributed by atoms with Crippen LogP contribution in [0.5, 0.6) is 0 Å². The molecule has 1 aromatic heterocycles. The summed E-state index contributed by atoms with van der Waals surface area (Å²) in [6.45, 7) is 8.79. The Bertz CT molecular complexity index is 385. The smallest absolute Gasteiger partial charge is 0.0428 e. The van der Waals surface area contributed by atoms with Gasteiger partial charge in [0.25, 0.3) is 0 Å². The molecule has 0 saturated carbocycles. The van der Waals surface area contributed by atoms with E-state index in [0.29, 0.717) is 5.92 Å². The van der Waals surface area contributed by atoms with E-state index in [9.17, 15) is 0 Å². The summed E-state index contributed by atoms with van der Waals surface area (Å²) in [5, 5.41) is 0. The first-order valence-electron chi connectivity index (χ1n) is 6.87. The van der Waals surface area contributed by atoms with E-state index in [1.807, 2.05) is 24.4 Å². The second-order valence-corrected chi connectivity index (χ2v) is 5.27. The predicted octanol–water partition coefficient (Wildman–Crippen LogP) is 5.12. The SMILES string of the molecule is CC(C)C1=CC=CCC1.CC(C)c1ccccn1. The maximum Gasteiger partial charge on any atom is 0.0428 e. The van der Waals surface area contributed by atoms with Crippen LogP contribution in [0.4, 0.5) is 0 Å². The van der Waals surface area contributed by atoms with Crippen molar-refractivity contribution in [1.82, 2.24) is 4.98 Å². The van der Waals surface area contributed by atoms with E-state index in [1.54, 1.807) is 5.57 Å². The van der Waals surface area contributed by atoms with Gasteiger partial charge in [0.15, 0.2) is 0 Å². The molecule has 0 N–H and O–H groups in total. The Kier molecular flexibility index (Phi) is 6.42. The van der Waals surface area contributed by atoms with Crippen molar-refractivity contribution in [3.05, 3.63) is 53.9 Å². The Balaban J connectivity index is 0.000000180. The summed E-state index contributed by atoms with van der Waals surface area (Å²) in [6, 6.07) is 6.00. The summed E-state index contributed by atoms with van der Waals surface area (Å²) in [7, 11) is 0. The molecule has 1 nitrogen and oxygen atoms in total. The molecule has 1 aliphatic rings. The van der Waals surface area contributed by atoms with Crippen molar-refractivity contribution in [3.63, 3.8) is 0 Å². The van der Waals surface area contributed by atoms with Crippen molar-refractivity contribution in [1.29, 1.82) is 0 Å². The topological polar surface area (TPSA) is 12.9 Å². The van der Waals surface area contributed by atoms with Crippen molar-refractivity contribution < 1.29 is 0 Å². The van der Waals surface area contributed by atoms with Gasteiger partial charge in [-0.1, -0.05) is 57.6 Å². The molecule has 1 aliphatic carbocycles. The van der Waals surface area contributed by atoms with Gasteiger partial charge in [0.05, 0.1) is 0 Å². The zero-order valence-corrected chi connectivity index (χ0v) is 12.1. The van der Waals surface area contributed by atoms with E-state index < -0.39 is 0 Å². The first-order chi connectivity index (χ1) is 8.61. The van der Waals surface area contributed by atoms with Crippen LogP contribution in [-0.2, 0) is 0 Å². The van der Waals surface area contributed by atoms with Gasteiger partial charge in [-0.15, -0.1) is 0 Å². The highest BCUT2D eigenvalue weighted by atomic mass is 14.7. The van der Waals surface area contributed by atoms with Crippen LogP contribution in [0, 0.1) is 5.92 Å². The minimum atomic E-state index is 0.547. The number of allylic oxidation sites excluding steroid dienone is 4. The minimum absolute atomic E-state index is 0.547. The van der Waals surface area contributed by atoms with E-state index in [2.05, 4.69) is 50.9 Å². The largest absolute Gasteiger partial charge is 0.261 e. The molecule has 1 aromatic rings. The lowest BCUT2D eigenvalue weighted by Gasteiger charge is -2.11. The third-order valence-electron chi connectivity index (χ3n) is 3.07. The zero-order chi connectivity index (χ0) is 13.4. The van der Waals surface area contributed by atoms with Crippen LogP contribution in [0.3, 0.4) is 0 Å². The van der Waals surface area contributed by atoms with Gasteiger partial charge in [-0.2, -0.15) is 0 Å². The first kappa shape index (κ1) is 14.7. The molecule has 0 atom stereocenters. The van der Waals surface area contributed by atoms with Crippen molar-refractivity contribution in [2.45, 2.75) is 46.5 Å². The minimum Gasteiger partial charge on any atom is -0.261 e.